The van der Waals surface area contributed by atoms with E-state index in [0.717, 1.165) is 0 Å². The number of phenolic OH excluding ortho intramolecular Hbond substituents is 1. The molecule has 13 heavy (non-hydrogen) atoms. The number of methoxy groups -OCH3 is 1. The predicted molar refractivity (Wildman–Crippen MR) is 48.9 cm³/mol. The second kappa shape index (κ2) is 3.53. The fourth-order valence-electron chi connectivity index (χ4n) is 0.891. The number of phenols is 1. The SMILES string of the molecule is COC(=O)c1c(Cl)ccc(O)c1N. The molecule has 0 saturated heterocycles. The van der Waals surface area contributed by atoms with E-state index in [1.54, 1.807) is 0 Å². The number of hydrogen-bond donors (Lipinski definition) is 2. The summed E-state index contributed by atoms with van der Waals surface area (Å²) in [6, 6.07) is 2.68. The Labute approximate surface area is 79.9 Å². The molecule has 0 spiro atoms. The monoisotopic (exact) mass is 201 g/mol. The van der Waals surface area contributed by atoms with Crippen LogP contribution in [0, 0.1) is 0 Å². The first-order chi connectivity index (χ1) is 6.07. The molecule has 0 aromatic heterocycles. The van der Waals surface area contributed by atoms with Crippen molar-refractivity contribution in [3.63, 3.8) is 0 Å². The maximum absolute atomic E-state index is 11.1. The summed E-state index contributed by atoms with van der Waals surface area (Å²) in [7, 11) is 1.21. The molecular formula is C8H8ClNO3. The van der Waals surface area contributed by atoms with Crippen molar-refractivity contribution in [2.45, 2.75) is 0 Å². The van der Waals surface area contributed by atoms with Gasteiger partial charge in [0.15, 0.2) is 0 Å². The number of anilines is 1. The Hall–Kier alpha value is -1.42. The number of halogens is 1. The smallest absolute Gasteiger partial charge is 0.341 e. The first-order valence-electron chi connectivity index (χ1n) is 3.43. The van der Waals surface area contributed by atoms with Gasteiger partial charge < -0.3 is 15.6 Å². The van der Waals surface area contributed by atoms with Gasteiger partial charge in [0.25, 0.3) is 0 Å². The molecule has 3 N–H and O–H groups in total. The van der Waals surface area contributed by atoms with Gasteiger partial charge in [-0.1, -0.05) is 11.6 Å². The number of carbonyl (C=O) groups excluding carboxylic acids is 1. The average molecular weight is 202 g/mol. The van der Waals surface area contributed by atoms with Crippen LogP contribution in [0.5, 0.6) is 5.75 Å². The van der Waals surface area contributed by atoms with E-state index in [2.05, 4.69) is 4.74 Å². The van der Waals surface area contributed by atoms with Gasteiger partial charge >= 0.3 is 5.97 Å². The van der Waals surface area contributed by atoms with E-state index in [-0.39, 0.29) is 22.0 Å². The lowest BCUT2D eigenvalue weighted by atomic mass is 10.1. The topological polar surface area (TPSA) is 72.5 Å². The Balaban J connectivity index is 3.33. The van der Waals surface area contributed by atoms with Crippen molar-refractivity contribution in [1.29, 1.82) is 0 Å². The molecule has 0 bridgehead atoms. The largest absolute Gasteiger partial charge is 0.506 e. The van der Waals surface area contributed by atoms with Crippen LogP contribution in [0.2, 0.25) is 5.02 Å². The summed E-state index contributed by atoms with van der Waals surface area (Å²) >= 11 is 5.68. The molecule has 4 nitrogen and oxygen atoms in total. The fraction of sp³-hybridized carbons (Fsp3) is 0.125. The van der Waals surface area contributed by atoms with Gasteiger partial charge in [0.05, 0.1) is 17.8 Å². The highest BCUT2D eigenvalue weighted by atomic mass is 35.5. The minimum Gasteiger partial charge on any atom is -0.506 e. The lowest BCUT2D eigenvalue weighted by Crippen LogP contribution is -2.06. The Kier molecular flexibility index (Phi) is 2.63. The zero-order valence-corrected chi connectivity index (χ0v) is 7.63. The normalized spacial score (nSPS) is 9.69. The number of carbonyl (C=O) groups is 1. The lowest BCUT2D eigenvalue weighted by molar-refractivity contribution is 0.0602. The van der Waals surface area contributed by atoms with Crippen molar-refractivity contribution in [1.82, 2.24) is 0 Å². The van der Waals surface area contributed by atoms with Crippen LogP contribution in [0.4, 0.5) is 5.69 Å². The van der Waals surface area contributed by atoms with Crippen LogP contribution in [-0.2, 0) is 4.74 Å². The molecule has 0 aliphatic heterocycles. The van der Waals surface area contributed by atoms with Crippen molar-refractivity contribution < 1.29 is 14.6 Å². The Morgan fingerprint density at radius 1 is 1.62 bits per heavy atom. The zero-order valence-electron chi connectivity index (χ0n) is 6.87. The highest BCUT2D eigenvalue weighted by molar-refractivity contribution is 6.34. The van der Waals surface area contributed by atoms with E-state index < -0.39 is 5.97 Å². The van der Waals surface area contributed by atoms with Crippen molar-refractivity contribution in [2.75, 3.05) is 12.8 Å². The maximum atomic E-state index is 11.1. The van der Waals surface area contributed by atoms with Gasteiger partial charge in [0.2, 0.25) is 0 Å². The van der Waals surface area contributed by atoms with E-state index in [0.29, 0.717) is 0 Å². The molecule has 70 valence electrons. The quantitative estimate of drug-likeness (QED) is 0.409. The van der Waals surface area contributed by atoms with Crippen LogP contribution >= 0.6 is 11.6 Å². The van der Waals surface area contributed by atoms with Crippen LogP contribution in [0.15, 0.2) is 12.1 Å². The molecule has 1 aromatic carbocycles. The van der Waals surface area contributed by atoms with E-state index >= 15 is 0 Å². The molecular weight excluding hydrogens is 194 g/mol. The van der Waals surface area contributed by atoms with Crippen LogP contribution in [0.3, 0.4) is 0 Å². The molecule has 0 fully saturated rings. The fourth-order valence-corrected chi connectivity index (χ4v) is 1.13. The third-order valence-electron chi connectivity index (χ3n) is 1.56. The van der Waals surface area contributed by atoms with Crippen molar-refractivity contribution in [2.24, 2.45) is 0 Å². The highest BCUT2D eigenvalue weighted by Gasteiger charge is 2.16. The first-order valence-corrected chi connectivity index (χ1v) is 3.81. The molecule has 0 saturated carbocycles. The third-order valence-corrected chi connectivity index (χ3v) is 1.88. The Bertz CT molecular complexity index is 351. The maximum Gasteiger partial charge on any atom is 0.341 e. The van der Waals surface area contributed by atoms with Gasteiger partial charge in [0.1, 0.15) is 11.3 Å². The molecule has 0 radical (unpaired) electrons. The van der Waals surface area contributed by atoms with Crippen LogP contribution < -0.4 is 5.73 Å². The van der Waals surface area contributed by atoms with E-state index in [4.69, 9.17) is 17.3 Å². The minimum absolute atomic E-state index is 0.0100. The average Bonchev–Trinajstić information content (AvgIpc) is 2.12. The molecule has 0 aliphatic rings. The zero-order chi connectivity index (χ0) is 10.0. The number of ether oxygens (including phenoxy) is 1. The molecule has 0 heterocycles. The number of aromatic hydroxyl groups is 1. The van der Waals surface area contributed by atoms with Gasteiger partial charge in [-0.3, -0.25) is 0 Å². The molecule has 0 unspecified atom stereocenters. The summed E-state index contributed by atoms with van der Waals surface area (Å²) in [5, 5.41) is 9.33. The summed E-state index contributed by atoms with van der Waals surface area (Å²) in [6.45, 7) is 0. The number of hydrogen-bond acceptors (Lipinski definition) is 4. The molecule has 5 heteroatoms. The van der Waals surface area contributed by atoms with Gasteiger partial charge in [-0.2, -0.15) is 0 Å². The van der Waals surface area contributed by atoms with Gasteiger partial charge in [-0.05, 0) is 12.1 Å². The summed E-state index contributed by atoms with van der Waals surface area (Å²) in [5.74, 6) is -0.858. The summed E-state index contributed by atoms with van der Waals surface area (Å²) < 4.78 is 4.44. The Morgan fingerprint density at radius 3 is 2.77 bits per heavy atom. The minimum atomic E-state index is -0.668. The first kappa shape index (κ1) is 9.67. The molecule has 1 rings (SSSR count). The third kappa shape index (κ3) is 1.67. The predicted octanol–water partition coefficient (Wildman–Crippen LogP) is 1.41. The highest BCUT2D eigenvalue weighted by Crippen LogP contribution is 2.30. The van der Waals surface area contributed by atoms with Crippen molar-refractivity contribution >= 4 is 23.3 Å². The lowest BCUT2D eigenvalue weighted by Gasteiger charge is -2.06. The van der Waals surface area contributed by atoms with Gasteiger partial charge in [-0.25, -0.2) is 4.79 Å². The summed E-state index contributed by atoms with van der Waals surface area (Å²) in [6.07, 6.45) is 0. The van der Waals surface area contributed by atoms with Crippen molar-refractivity contribution in [3.05, 3.63) is 22.7 Å². The number of benzene rings is 1. The van der Waals surface area contributed by atoms with Gasteiger partial charge in [-0.15, -0.1) is 0 Å². The molecule has 0 atom stereocenters. The standard InChI is InChI=1S/C8H8ClNO3/c1-13-8(12)6-4(9)2-3-5(11)7(6)10/h2-3,11H,10H2,1H3. The van der Waals surface area contributed by atoms with E-state index in [1.165, 1.54) is 19.2 Å². The van der Waals surface area contributed by atoms with Crippen LogP contribution in [-0.4, -0.2) is 18.2 Å². The number of nitrogens with two attached hydrogens (primary N) is 1. The van der Waals surface area contributed by atoms with Crippen LogP contribution in [0.1, 0.15) is 10.4 Å². The second-order valence-electron chi connectivity index (χ2n) is 2.35. The summed E-state index contributed by atoms with van der Waals surface area (Å²) in [4.78, 5) is 11.1. The van der Waals surface area contributed by atoms with Crippen LogP contribution in [0.25, 0.3) is 0 Å². The van der Waals surface area contributed by atoms with Gasteiger partial charge in [0, 0.05) is 0 Å². The number of nitrogen functional groups attached to an aromatic ring is 1. The molecule has 0 aliphatic carbocycles. The summed E-state index contributed by atoms with van der Waals surface area (Å²) in [5.41, 5.74) is 5.34. The molecule has 0 amide bonds. The second-order valence-corrected chi connectivity index (χ2v) is 2.75. The number of esters is 1. The molecule has 1 aromatic rings. The van der Waals surface area contributed by atoms with Crippen molar-refractivity contribution in [3.8, 4) is 5.75 Å². The van der Waals surface area contributed by atoms with E-state index in [9.17, 15) is 9.90 Å². The Morgan fingerprint density at radius 2 is 2.23 bits per heavy atom. The number of rotatable bonds is 1. The van der Waals surface area contributed by atoms with E-state index in [1.807, 2.05) is 0 Å².